The summed E-state index contributed by atoms with van der Waals surface area (Å²) in [6.45, 7) is 1.71. The molecular weight excluding hydrogens is 252 g/mol. The fourth-order valence-corrected chi connectivity index (χ4v) is 3.09. The van der Waals surface area contributed by atoms with Crippen LogP contribution in [0.15, 0.2) is 12.4 Å². The van der Waals surface area contributed by atoms with E-state index in [0.717, 1.165) is 31.7 Å². The highest BCUT2D eigenvalue weighted by Gasteiger charge is 2.20. The van der Waals surface area contributed by atoms with E-state index in [1.54, 1.807) is 6.07 Å². The number of aromatic nitrogens is 2. The Labute approximate surface area is 119 Å². The van der Waals surface area contributed by atoms with Crippen LogP contribution < -0.4 is 5.32 Å². The summed E-state index contributed by atoms with van der Waals surface area (Å²) >= 11 is 0. The molecule has 0 unspecified atom stereocenters. The van der Waals surface area contributed by atoms with Crippen LogP contribution in [0.3, 0.4) is 0 Å². The molecule has 2 heterocycles. The number of nitrogens with one attached hydrogen (secondary N) is 1. The lowest BCUT2D eigenvalue weighted by atomic mass is 10.1. The van der Waals surface area contributed by atoms with Crippen LogP contribution in [0.25, 0.3) is 0 Å². The van der Waals surface area contributed by atoms with E-state index in [1.807, 2.05) is 4.90 Å². The SMILES string of the molecule is O=C(c1cc(NC2CCCC2)ncn1)N1CCCCC1. The van der Waals surface area contributed by atoms with E-state index in [4.69, 9.17) is 0 Å². The van der Waals surface area contributed by atoms with Gasteiger partial charge in [-0.05, 0) is 32.1 Å². The summed E-state index contributed by atoms with van der Waals surface area (Å²) in [4.78, 5) is 22.7. The number of piperidine rings is 1. The van der Waals surface area contributed by atoms with Crippen LogP contribution in [0, 0.1) is 0 Å². The molecule has 1 aromatic heterocycles. The van der Waals surface area contributed by atoms with Gasteiger partial charge in [0.25, 0.3) is 5.91 Å². The van der Waals surface area contributed by atoms with Crippen molar-refractivity contribution in [2.45, 2.75) is 51.0 Å². The molecule has 0 bridgehead atoms. The summed E-state index contributed by atoms with van der Waals surface area (Å²) in [5.41, 5.74) is 0.516. The largest absolute Gasteiger partial charge is 0.367 e. The van der Waals surface area contributed by atoms with Crippen LogP contribution in [0.5, 0.6) is 0 Å². The minimum atomic E-state index is 0.0431. The van der Waals surface area contributed by atoms with Gasteiger partial charge < -0.3 is 10.2 Å². The van der Waals surface area contributed by atoms with Crippen molar-refractivity contribution in [1.82, 2.24) is 14.9 Å². The lowest BCUT2D eigenvalue weighted by Crippen LogP contribution is -2.36. The summed E-state index contributed by atoms with van der Waals surface area (Å²) in [6.07, 6.45) is 9.87. The normalized spacial score (nSPS) is 20.1. The first-order chi connectivity index (χ1) is 9.83. The average Bonchev–Trinajstić information content (AvgIpc) is 3.01. The maximum atomic E-state index is 12.4. The number of rotatable bonds is 3. The molecule has 5 heteroatoms. The van der Waals surface area contributed by atoms with Crippen molar-refractivity contribution < 1.29 is 4.79 Å². The number of carbonyl (C=O) groups excluding carboxylic acids is 1. The Bertz CT molecular complexity index is 465. The van der Waals surface area contributed by atoms with Crippen molar-refractivity contribution in [3.8, 4) is 0 Å². The molecule has 1 aliphatic heterocycles. The molecular formula is C15H22N4O. The zero-order valence-corrected chi connectivity index (χ0v) is 11.8. The second-order valence-corrected chi connectivity index (χ2v) is 5.77. The van der Waals surface area contributed by atoms with Crippen LogP contribution >= 0.6 is 0 Å². The van der Waals surface area contributed by atoms with E-state index in [-0.39, 0.29) is 5.91 Å². The van der Waals surface area contributed by atoms with E-state index in [0.29, 0.717) is 11.7 Å². The Kier molecular flexibility index (Phi) is 4.14. The summed E-state index contributed by atoms with van der Waals surface area (Å²) in [5.74, 6) is 0.828. The van der Waals surface area contributed by atoms with Gasteiger partial charge in [-0.2, -0.15) is 0 Å². The lowest BCUT2D eigenvalue weighted by molar-refractivity contribution is 0.0718. The van der Waals surface area contributed by atoms with Crippen molar-refractivity contribution >= 4 is 11.7 Å². The number of anilines is 1. The van der Waals surface area contributed by atoms with Gasteiger partial charge in [0.05, 0.1) is 0 Å². The highest BCUT2D eigenvalue weighted by Crippen LogP contribution is 2.21. The van der Waals surface area contributed by atoms with Crippen molar-refractivity contribution in [3.63, 3.8) is 0 Å². The summed E-state index contributed by atoms with van der Waals surface area (Å²) in [5, 5.41) is 3.42. The van der Waals surface area contributed by atoms with Gasteiger partial charge in [-0.3, -0.25) is 4.79 Å². The quantitative estimate of drug-likeness (QED) is 0.920. The fourth-order valence-electron chi connectivity index (χ4n) is 3.09. The maximum absolute atomic E-state index is 12.4. The Hall–Kier alpha value is -1.65. The third-order valence-corrected chi connectivity index (χ3v) is 4.24. The van der Waals surface area contributed by atoms with Gasteiger partial charge in [-0.25, -0.2) is 9.97 Å². The topological polar surface area (TPSA) is 58.1 Å². The first-order valence-corrected chi connectivity index (χ1v) is 7.71. The third kappa shape index (κ3) is 3.08. The zero-order valence-electron chi connectivity index (χ0n) is 11.8. The Balaban J connectivity index is 1.67. The molecule has 1 aromatic rings. The van der Waals surface area contributed by atoms with Gasteiger partial charge in [-0.1, -0.05) is 12.8 Å². The number of carbonyl (C=O) groups is 1. The van der Waals surface area contributed by atoms with Crippen LogP contribution in [0.2, 0.25) is 0 Å². The monoisotopic (exact) mass is 274 g/mol. The molecule has 0 aromatic carbocycles. The van der Waals surface area contributed by atoms with E-state index < -0.39 is 0 Å². The summed E-state index contributed by atoms with van der Waals surface area (Å²) < 4.78 is 0. The Morgan fingerprint density at radius 3 is 2.60 bits per heavy atom. The van der Waals surface area contributed by atoms with Crippen LogP contribution in [0.1, 0.15) is 55.4 Å². The average molecular weight is 274 g/mol. The second-order valence-electron chi connectivity index (χ2n) is 5.77. The van der Waals surface area contributed by atoms with Crippen molar-refractivity contribution in [3.05, 3.63) is 18.1 Å². The van der Waals surface area contributed by atoms with Gasteiger partial charge in [-0.15, -0.1) is 0 Å². The molecule has 1 saturated heterocycles. The van der Waals surface area contributed by atoms with Gasteiger partial charge in [0.15, 0.2) is 0 Å². The summed E-state index contributed by atoms with van der Waals surface area (Å²) in [6, 6.07) is 2.30. The van der Waals surface area contributed by atoms with Crippen molar-refractivity contribution in [1.29, 1.82) is 0 Å². The van der Waals surface area contributed by atoms with Gasteiger partial charge in [0.1, 0.15) is 17.8 Å². The highest BCUT2D eigenvalue weighted by atomic mass is 16.2. The first kappa shape index (κ1) is 13.3. The minimum Gasteiger partial charge on any atom is -0.367 e. The molecule has 2 fully saturated rings. The molecule has 0 spiro atoms. The molecule has 0 atom stereocenters. The first-order valence-electron chi connectivity index (χ1n) is 7.71. The van der Waals surface area contributed by atoms with E-state index in [9.17, 15) is 4.79 Å². The number of hydrogen-bond donors (Lipinski definition) is 1. The third-order valence-electron chi connectivity index (χ3n) is 4.24. The molecule has 1 aliphatic carbocycles. The number of amides is 1. The second kappa shape index (κ2) is 6.20. The standard InChI is InChI=1S/C15H22N4O/c20-15(19-8-4-1-5-9-19)13-10-14(17-11-16-13)18-12-6-2-3-7-12/h10-12H,1-9H2,(H,16,17,18). The molecule has 0 radical (unpaired) electrons. The van der Waals surface area contributed by atoms with E-state index in [2.05, 4.69) is 15.3 Å². The molecule has 3 rings (SSSR count). The van der Waals surface area contributed by atoms with Crippen LogP contribution in [-0.4, -0.2) is 39.9 Å². The predicted molar refractivity (Wildman–Crippen MR) is 77.7 cm³/mol. The minimum absolute atomic E-state index is 0.0431. The molecule has 1 amide bonds. The molecule has 5 nitrogen and oxygen atoms in total. The van der Waals surface area contributed by atoms with Gasteiger partial charge in [0, 0.05) is 25.2 Å². The maximum Gasteiger partial charge on any atom is 0.272 e. The molecule has 2 aliphatic rings. The molecule has 1 saturated carbocycles. The van der Waals surface area contributed by atoms with Crippen molar-refractivity contribution in [2.75, 3.05) is 18.4 Å². The number of hydrogen-bond acceptors (Lipinski definition) is 4. The molecule has 108 valence electrons. The van der Waals surface area contributed by atoms with Gasteiger partial charge in [0.2, 0.25) is 0 Å². The zero-order chi connectivity index (χ0) is 13.8. The number of nitrogens with zero attached hydrogens (tertiary/aromatic N) is 3. The van der Waals surface area contributed by atoms with Gasteiger partial charge >= 0.3 is 0 Å². The fraction of sp³-hybridized carbons (Fsp3) is 0.667. The summed E-state index contributed by atoms with van der Waals surface area (Å²) in [7, 11) is 0. The van der Waals surface area contributed by atoms with Crippen LogP contribution in [-0.2, 0) is 0 Å². The van der Waals surface area contributed by atoms with Crippen molar-refractivity contribution in [2.24, 2.45) is 0 Å². The van der Waals surface area contributed by atoms with E-state index in [1.165, 1.54) is 38.4 Å². The Morgan fingerprint density at radius 1 is 1.10 bits per heavy atom. The molecule has 20 heavy (non-hydrogen) atoms. The van der Waals surface area contributed by atoms with Crippen LogP contribution in [0.4, 0.5) is 5.82 Å². The van der Waals surface area contributed by atoms with E-state index >= 15 is 0 Å². The highest BCUT2D eigenvalue weighted by molar-refractivity contribution is 5.92. The smallest absolute Gasteiger partial charge is 0.272 e. The number of likely N-dealkylation sites (tertiary alicyclic amines) is 1. The predicted octanol–water partition coefficient (Wildman–Crippen LogP) is 2.46. The lowest BCUT2D eigenvalue weighted by Gasteiger charge is -2.26. The Morgan fingerprint density at radius 2 is 1.85 bits per heavy atom. The molecule has 1 N–H and O–H groups in total.